The minimum atomic E-state index is 0.814. The summed E-state index contributed by atoms with van der Waals surface area (Å²) < 4.78 is 4.45. The fraction of sp³-hybridized carbons (Fsp3) is 0. The lowest BCUT2D eigenvalue weighted by Crippen LogP contribution is -2.02. The van der Waals surface area contributed by atoms with E-state index in [1.165, 1.54) is 0 Å². The molecule has 0 saturated carbocycles. The molecule has 9 rings (SSSR count). The molecule has 0 unspecified atom stereocenters. The molecule has 0 fully saturated rings. The van der Waals surface area contributed by atoms with Crippen LogP contribution >= 0.6 is 0 Å². The first-order chi connectivity index (χ1) is 21.8. The van der Waals surface area contributed by atoms with Gasteiger partial charge in [0.25, 0.3) is 0 Å². The Morgan fingerprint density at radius 3 is 1.25 bits per heavy atom. The average molecular weight is 565 g/mol. The highest BCUT2D eigenvalue weighted by Gasteiger charge is 2.24. The monoisotopic (exact) mass is 564 g/mol. The zero-order chi connectivity index (χ0) is 29.0. The van der Waals surface area contributed by atoms with Crippen LogP contribution in [-0.4, -0.2) is 29.3 Å². The first-order valence-electron chi connectivity index (χ1n) is 14.6. The zero-order valence-corrected chi connectivity index (χ0v) is 23.5. The SMILES string of the molecule is c1ccc(-c2ccnc(-n3c4ccccc4c4nnc5c6ccccc6n(-c6cc(-c7ccccc7)ccn6)c5c43)c2)cc1. The molecule has 0 atom stereocenters. The van der Waals surface area contributed by atoms with E-state index in [0.29, 0.717) is 0 Å². The number of aromatic nitrogens is 6. The van der Waals surface area contributed by atoms with Gasteiger partial charge in [-0.05, 0) is 58.7 Å². The van der Waals surface area contributed by atoms with Crippen LogP contribution in [0, 0.1) is 0 Å². The van der Waals surface area contributed by atoms with Crippen LogP contribution in [0.4, 0.5) is 0 Å². The van der Waals surface area contributed by atoms with Crippen LogP contribution in [-0.2, 0) is 0 Å². The van der Waals surface area contributed by atoms with Gasteiger partial charge in [-0.1, -0.05) is 97.1 Å². The molecule has 0 aliphatic carbocycles. The van der Waals surface area contributed by atoms with Gasteiger partial charge in [-0.2, -0.15) is 0 Å². The van der Waals surface area contributed by atoms with Gasteiger partial charge in [0.1, 0.15) is 33.7 Å². The van der Waals surface area contributed by atoms with Gasteiger partial charge in [0, 0.05) is 23.2 Å². The van der Waals surface area contributed by atoms with Crippen molar-refractivity contribution < 1.29 is 0 Å². The Hall–Kier alpha value is -6.14. The van der Waals surface area contributed by atoms with E-state index in [-0.39, 0.29) is 0 Å². The molecule has 0 amide bonds. The minimum Gasteiger partial charge on any atom is -0.290 e. The fourth-order valence-electron chi connectivity index (χ4n) is 6.36. The van der Waals surface area contributed by atoms with Crippen molar-refractivity contribution in [3.05, 3.63) is 146 Å². The normalized spacial score (nSPS) is 11.6. The summed E-state index contributed by atoms with van der Waals surface area (Å²) in [6.45, 7) is 0. The van der Waals surface area contributed by atoms with Crippen LogP contribution in [0.1, 0.15) is 0 Å². The fourth-order valence-corrected chi connectivity index (χ4v) is 6.36. The van der Waals surface area contributed by atoms with Crippen molar-refractivity contribution in [2.45, 2.75) is 0 Å². The number of nitrogens with zero attached hydrogens (tertiary/aromatic N) is 6. The highest BCUT2D eigenvalue weighted by Crippen LogP contribution is 2.39. The largest absolute Gasteiger partial charge is 0.290 e. The van der Waals surface area contributed by atoms with E-state index in [1.807, 2.05) is 36.7 Å². The van der Waals surface area contributed by atoms with Crippen molar-refractivity contribution in [1.29, 1.82) is 0 Å². The van der Waals surface area contributed by atoms with Crippen molar-refractivity contribution in [2.75, 3.05) is 0 Å². The number of rotatable bonds is 4. The molecule has 206 valence electrons. The van der Waals surface area contributed by atoms with Crippen molar-refractivity contribution in [3.63, 3.8) is 0 Å². The molecular formula is C38H24N6. The maximum atomic E-state index is 4.91. The van der Waals surface area contributed by atoms with Crippen LogP contribution in [0.5, 0.6) is 0 Å². The molecular weight excluding hydrogens is 540 g/mol. The molecule has 0 aliphatic rings. The van der Waals surface area contributed by atoms with Gasteiger partial charge in [0.15, 0.2) is 0 Å². The highest BCUT2D eigenvalue weighted by atomic mass is 15.2. The molecule has 6 nitrogen and oxygen atoms in total. The van der Waals surface area contributed by atoms with E-state index in [0.717, 1.165) is 77.8 Å². The standard InChI is InChI=1S/C38H24N6/c1-3-11-25(12-4-1)27-19-21-39-33(23-27)43-31-17-9-7-15-29(31)35-37(43)38-36(42-41-35)30-16-8-10-18-32(30)44(38)34-24-28(20-22-40-34)26-13-5-2-6-14-26/h1-24H. The summed E-state index contributed by atoms with van der Waals surface area (Å²) in [5, 5.41) is 11.7. The molecule has 0 aliphatic heterocycles. The Bertz CT molecular complexity index is 2320. The summed E-state index contributed by atoms with van der Waals surface area (Å²) in [5.74, 6) is 1.63. The maximum Gasteiger partial charge on any atom is 0.138 e. The highest BCUT2D eigenvalue weighted by molar-refractivity contribution is 6.20. The summed E-state index contributed by atoms with van der Waals surface area (Å²) >= 11 is 0. The molecule has 0 saturated heterocycles. The Labute approximate surface area is 252 Å². The maximum absolute atomic E-state index is 4.91. The van der Waals surface area contributed by atoms with Crippen LogP contribution in [0.15, 0.2) is 146 Å². The summed E-state index contributed by atoms with van der Waals surface area (Å²) in [6, 6.07) is 45.9. The van der Waals surface area contributed by atoms with Gasteiger partial charge >= 0.3 is 0 Å². The Morgan fingerprint density at radius 2 is 0.795 bits per heavy atom. The van der Waals surface area contributed by atoms with E-state index in [1.54, 1.807) is 0 Å². The third kappa shape index (κ3) is 3.68. The lowest BCUT2D eigenvalue weighted by Gasteiger charge is -2.12. The number of hydrogen-bond acceptors (Lipinski definition) is 4. The molecule has 0 spiro atoms. The predicted molar refractivity (Wildman–Crippen MR) is 177 cm³/mol. The summed E-state index contributed by atoms with van der Waals surface area (Å²) in [7, 11) is 0. The molecule has 6 heteroatoms. The minimum absolute atomic E-state index is 0.814. The summed E-state index contributed by atoms with van der Waals surface area (Å²) in [4.78, 5) is 9.83. The number of benzene rings is 4. The van der Waals surface area contributed by atoms with E-state index in [9.17, 15) is 0 Å². The van der Waals surface area contributed by atoms with E-state index in [4.69, 9.17) is 20.2 Å². The van der Waals surface area contributed by atoms with Crippen LogP contribution in [0.3, 0.4) is 0 Å². The third-order valence-corrected chi connectivity index (χ3v) is 8.33. The van der Waals surface area contributed by atoms with Gasteiger partial charge < -0.3 is 0 Å². The first-order valence-corrected chi connectivity index (χ1v) is 14.6. The second-order valence-electron chi connectivity index (χ2n) is 10.8. The Balaban J connectivity index is 1.42. The van der Waals surface area contributed by atoms with Gasteiger partial charge in [-0.25, -0.2) is 9.97 Å². The molecule has 0 radical (unpaired) electrons. The van der Waals surface area contributed by atoms with Gasteiger partial charge in [-0.15, -0.1) is 10.2 Å². The van der Waals surface area contributed by atoms with Crippen LogP contribution < -0.4 is 0 Å². The second kappa shape index (κ2) is 9.71. The summed E-state index contributed by atoms with van der Waals surface area (Å²) in [5.41, 5.74) is 10.0. The molecule has 0 bridgehead atoms. The van der Waals surface area contributed by atoms with Crippen molar-refractivity contribution in [3.8, 4) is 33.9 Å². The third-order valence-electron chi connectivity index (χ3n) is 8.33. The summed E-state index contributed by atoms with van der Waals surface area (Å²) in [6.07, 6.45) is 3.76. The Kier molecular flexibility index (Phi) is 5.40. The van der Waals surface area contributed by atoms with Crippen molar-refractivity contribution in [1.82, 2.24) is 29.3 Å². The zero-order valence-electron chi connectivity index (χ0n) is 23.5. The average Bonchev–Trinajstić information content (AvgIpc) is 3.62. The topological polar surface area (TPSA) is 61.4 Å². The number of hydrogen-bond donors (Lipinski definition) is 0. The van der Waals surface area contributed by atoms with Crippen LogP contribution in [0.2, 0.25) is 0 Å². The lowest BCUT2D eigenvalue weighted by atomic mass is 10.1. The second-order valence-corrected chi connectivity index (χ2v) is 10.8. The molecule has 4 aromatic carbocycles. The Morgan fingerprint density at radius 1 is 0.386 bits per heavy atom. The first kappa shape index (κ1) is 24.5. The van der Waals surface area contributed by atoms with Crippen molar-refractivity contribution in [2.24, 2.45) is 0 Å². The van der Waals surface area contributed by atoms with Gasteiger partial charge in [-0.3, -0.25) is 9.13 Å². The molecule has 0 N–H and O–H groups in total. The van der Waals surface area contributed by atoms with Gasteiger partial charge in [0.2, 0.25) is 0 Å². The molecule has 9 aromatic rings. The lowest BCUT2D eigenvalue weighted by molar-refractivity contribution is 1.05. The van der Waals surface area contributed by atoms with Crippen LogP contribution in [0.25, 0.3) is 77.8 Å². The number of pyridine rings is 2. The van der Waals surface area contributed by atoms with E-state index in [2.05, 4.69) is 118 Å². The smallest absolute Gasteiger partial charge is 0.138 e. The quantitative estimate of drug-likeness (QED) is 0.214. The number of fused-ring (bicyclic) bond motifs is 7. The van der Waals surface area contributed by atoms with Gasteiger partial charge in [0.05, 0.1) is 11.0 Å². The van der Waals surface area contributed by atoms with E-state index < -0.39 is 0 Å². The van der Waals surface area contributed by atoms with Crippen molar-refractivity contribution >= 4 is 43.9 Å². The van der Waals surface area contributed by atoms with E-state index >= 15 is 0 Å². The molecule has 5 aromatic heterocycles. The number of para-hydroxylation sites is 2. The molecule has 44 heavy (non-hydrogen) atoms. The predicted octanol–water partition coefficient (Wildman–Crippen LogP) is 8.79. The molecule has 5 heterocycles.